The number of amides is 2. The number of nitrogens with zero attached hydrogens (tertiary/aromatic N) is 2. The molecule has 5 rings (SSSR count). The van der Waals surface area contributed by atoms with Crippen LogP contribution in [0.2, 0.25) is 0 Å². The van der Waals surface area contributed by atoms with Gasteiger partial charge < -0.3 is 24.3 Å². The van der Waals surface area contributed by atoms with Crippen LogP contribution in [0.1, 0.15) is 28.4 Å². The number of hydrogen-bond donors (Lipinski definition) is 1. The lowest BCUT2D eigenvalue weighted by Crippen LogP contribution is -2.37. The van der Waals surface area contributed by atoms with E-state index in [1.807, 2.05) is 48.7 Å². The second-order valence-corrected chi connectivity index (χ2v) is 8.81. The normalized spacial score (nSPS) is 12.9. The van der Waals surface area contributed by atoms with Gasteiger partial charge in [0.15, 0.2) is 11.5 Å². The van der Waals surface area contributed by atoms with Crippen molar-refractivity contribution in [3.05, 3.63) is 95.3 Å². The Hall–Kier alpha value is -4.52. The summed E-state index contributed by atoms with van der Waals surface area (Å²) in [4.78, 5) is 29.0. The lowest BCUT2D eigenvalue weighted by atomic mass is 10.1. The Morgan fingerprint density at radius 2 is 1.73 bits per heavy atom. The summed E-state index contributed by atoms with van der Waals surface area (Å²) in [6, 6.07) is 20.8. The molecule has 0 bridgehead atoms. The molecule has 37 heavy (non-hydrogen) atoms. The summed E-state index contributed by atoms with van der Waals surface area (Å²) < 4.78 is 12.8. The fraction of sp³-hybridized carbons (Fsp3) is 0.200. The largest absolute Gasteiger partial charge is 0.493 e. The van der Waals surface area contributed by atoms with Gasteiger partial charge in [-0.2, -0.15) is 0 Å². The molecule has 7 nitrogen and oxygen atoms in total. The van der Waals surface area contributed by atoms with E-state index >= 15 is 0 Å². The van der Waals surface area contributed by atoms with Crippen LogP contribution < -0.4 is 19.7 Å². The van der Waals surface area contributed by atoms with Crippen molar-refractivity contribution in [2.24, 2.45) is 0 Å². The lowest BCUT2D eigenvalue weighted by molar-refractivity contribution is -0.115. The number of anilines is 1. The molecule has 0 radical (unpaired) electrons. The molecule has 1 aliphatic rings. The van der Waals surface area contributed by atoms with E-state index in [0.717, 1.165) is 40.7 Å². The van der Waals surface area contributed by atoms with E-state index in [-0.39, 0.29) is 11.6 Å². The van der Waals surface area contributed by atoms with Gasteiger partial charge in [0.25, 0.3) is 11.8 Å². The van der Waals surface area contributed by atoms with Crippen molar-refractivity contribution in [2.45, 2.75) is 19.9 Å². The molecule has 3 aromatic carbocycles. The van der Waals surface area contributed by atoms with Crippen LogP contribution in [0.5, 0.6) is 11.5 Å². The molecular weight excluding hydrogens is 466 g/mol. The molecule has 0 aliphatic carbocycles. The third kappa shape index (κ3) is 4.56. The second kappa shape index (κ2) is 10.2. The first-order valence-corrected chi connectivity index (χ1v) is 12.3. The zero-order valence-corrected chi connectivity index (χ0v) is 21.2. The molecule has 0 fully saturated rings. The fourth-order valence-corrected chi connectivity index (χ4v) is 4.83. The van der Waals surface area contributed by atoms with Gasteiger partial charge in [0, 0.05) is 47.0 Å². The average Bonchev–Trinajstić information content (AvgIpc) is 3.53. The van der Waals surface area contributed by atoms with Gasteiger partial charge in [0.2, 0.25) is 0 Å². The van der Waals surface area contributed by atoms with E-state index in [4.69, 9.17) is 9.47 Å². The number of ether oxygens (including phenoxy) is 2. The van der Waals surface area contributed by atoms with Gasteiger partial charge >= 0.3 is 0 Å². The third-order valence-electron chi connectivity index (χ3n) is 6.72. The van der Waals surface area contributed by atoms with Gasteiger partial charge in [-0.25, -0.2) is 0 Å². The first-order chi connectivity index (χ1) is 18.0. The number of para-hydroxylation sites is 2. The summed E-state index contributed by atoms with van der Waals surface area (Å²) in [6.07, 6.45) is 4.56. The number of carbonyl (C=O) groups excluding carboxylic acids is 2. The first kappa shape index (κ1) is 24.2. The minimum absolute atomic E-state index is 0.204. The Balaban J connectivity index is 1.56. The van der Waals surface area contributed by atoms with Crippen molar-refractivity contribution in [1.29, 1.82) is 0 Å². The van der Waals surface area contributed by atoms with E-state index in [2.05, 4.69) is 22.9 Å². The topological polar surface area (TPSA) is 72.8 Å². The number of fused-ring (bicyclic) bond motifs is 2. The Bertz CT molecular complexity index is 1520. The van der Waals surface area contributed by atoms with Crippen LogP contribution in [0.4, 0.5) is 5.69 Å². The minimum atomic E-state index is -0.410. The maximum atomic E-state index is 13.9. The molecule has 0 atom stereocenters. The number of aryl methyl sites for hydroxylation is 1. The molecule has 0 saturated carbocycles. The number of hydrogen-bond acceptors (Lipinski definition) is 4. The van der Waals surface area contributed by atoms with Crippen LogP contribution in [0.15, 0.2) is 78.6 Å². The van der Waals surface area contributed by atoms with Gasteiger partial charge in [0.05, 0.1) is 14.2 Å². The molecule has 2 heterocycles. The molecule has 4 aromatic rings. The van der Waals surface area contributed by atoms with Crippen molar-refractivity contribution in [3.63, 3.8) is 0 Å². The highest BCUT2D eigenvalue weighted by molar-refractivity contribution is 6.13. The molecule has 1 N–H and O–H groups in total. The quantitative estimate of drug-likeness (QED) is 0.365. The lowest BCUT2D eigenvalue weighted by Gasteiger charge is -2.20. The zero-order chi connectivity index (χ0) is 25.9. The minimum Gasteiger partial charge on any atom is -0.493 e. The van der Waals surface area contributed by atoms with Crippen molar-refractivity contribution >= 4 is 34.5 Å². The predicted octanol–water partition coefficient (Wildman–Crippen LogP) is 5.04. The van der Waals surface area contributed by atoms with Crippen molar-refractivity contribution in [3.8, 4) is 11.5 Å². The van der Waals surface area contributed by atoms with Gasteiger partial charge in [-0.1, -0.05) is 36.4 Å². The van der Waals surface area contributed by atoms with Crippen LogP contribution >= 0.6 is 0 Å². The number of carbonyl (C=O) groups is 2. The van der Waals surface area contributed by atoms with Crippen molar-refractivity contribution in [1.82, 2.24) is 9.88 Å². The van der Waals surface area contributed by atoms with E-state index < -0.39 is 5.91 Å². The van der Waals surface area contributed by atoms with Gasteiger partial charge in [-0.15, -0.1) is 0 Å². The maximum Gasteiger partial charge on any atom is 0.274 e. The first-order valence-electron chi connectivity index (χ1n) is 12.3. The highest BCUT2D eigenvalue weighted by Gasteiger charge is 2.28. The molecule has 0 unspecified atom stereocenters. The van der Waals surface area contributed by atoms with Gasteiger partial charge in [-0.05, 0) is 55.3 Å². The third-order valence-corrected chi connectivity index (χ3v) is 6.72. The number of nitrogens with one attached hydrogen (secondary N) is 1. The summed E-state index contributed by atoms with van der Waals surface area (Å²) in [5, 5.41) is 3.91. The predicted molar refractivity (Wildman–Crippen MR) is 145 cm³/mol. The summed E-state index contributed by atoms with van der Waals surface area (Å²) >= 11 is 0. The SMILES string of the molecule is CCn1cc(C=C(NC(=O)c2ccc(OC)c(OC)c2)C(=O)N2CCc3ccccc32)c2ccccc21. The molecule has 1 aliphatic heterocycles. The number of rotatable bonds is 7. The Morgan fingerprint density at radius 3 is 2.51 bits per heavy atom. The molecule has 1 aromatic heterocycles. The van der Waals surface area contributed by atoms with E-state index in [1.54, 1.807) is 29.2 Å². The summed E-state index contributed by atoms with van der Waals surface area (Å²) in [5.74, 6) is 0.290. The summed E-state index contributed by atoms with van der Waals surface area (Å²) in [5.41, 5.74) is 4.48. The van der Waals surface area contributed by atoms with E-state index in [1.165, 1.54) is 14.2 Å². The Kier molecular flexibility index (Phi) is 6.68. The monoisotopic (exact) mass is 495 g/mol. The number of methoxy groups -OCH3 is 2. The van der Waals surface area contributed by atoms with Gasteiger partial charge in [-0.3, -0.25) is 9.59 Å². The highest BCUT2D eigenvalue weighted by Crippen LogP contribution is 2.31. The molecule has 2 amide bonds. The molecule has 0 spiro atoms. The van der Waals surface area contributed by atoms with Crippen LogP contribution in [-0.4, -0.2) is 37.1 Å². The molecule has 7 heteroatoms. The van der Waals surface area contributed by atoms with Crippen LogP contribution in [0.25, 0.3) is 17.0 Å². The van der Waals surface area contributed by atoms with Crippen LogP contribution in [0.3, 0.4) is 0 Å². The molecule has 0 saturated heterocycles. The zero-order valence-electron chi connectivity index (χ0n) is 21.2. The number of aromatic nitrogens is 1. The fourth-order valence-electron chi connectivity index (χ4n) is 4.83. The maximum absolute atomic E-state index is 13.9. The van der Waals surface area contributed by atoms with Gasteiger partial charge in [0.1, 0.15) is 5.70 Å². The average molecular weight is 496 g/mol. The summed E-state index contributed by atoms with van der Waals surface area (Å²) in [7, 11) is 3.06. The van der Waals surface area contributed by atoms with E-state index in [9.17, 15) is 9.59 Å². The Labute approximate surface area is 215 Å². The summed E-state index contributed by atoms with van der Waals surface area (Å²) in [6.45, 7) is 3.42. The Morgan fingerprint density at radius 1 is 0.973 bits per heavy atom. The molecule has 188 valence electrons. The second-order valence-electron chi connectivity index (χ2n) is 8.81. The van der Waals surface area contributed by atoms with Crippen LogP contribution in [-0.2, 0) is 17.8 Å². The van der Waals surface area contributed by atoms with Crippen LogP contribution in [0, 0.1) is 0 Å². The molecular formula is C30H29N3O4. The number of benzene rings is 3. The van der Waals surface area contributed by atoms with E-state index in [0.29, 0.717) is 23.6 Å². The standard InChI is InChI=1S/C30H29N3O4/c1-4-32-19-22(23-10-6-8-12-26(23)32)17-24(30(35)33-16-15-20-9-5-7-11-25(20)33)31-29(34)21-13-14-27(36-2)28(18-21)37-3/h5-14,17-19H,4,15-16H2,1-3H3,(H,31,34). The van der Waals surface area contributed by atoms with Crippen molar-refractivity contribution in [2.75, 3.05) is 25.7 Å². The highest BCUT2D eigenvalue weighted by atomic mass is 16.5. The smallest absolute Gasteiger partial charge is 0.274 e. The van der Waals surface area contributed by atoms with Crippen molar-refractivity contribution < 1.29 is 19.1 Å².